The molecule has 1 aromatic carbocycles. The number of nitrogens with two attached hydrogens (primary N) is 1. The lowest BCUT2D eigenvalue weighted by molar-refractivity contribution is 0.278. The smallest absolute Gasteiger partial charge is 0.0603 e. The third-order valence-electron chi connectivity index (χ3n) is 4.42. The fourth-order valence-corrected chi connectivity index (χ4v) is 3.02. The number of anilines is 2. The number of aryl methyl sites for hydroxylation is 1. The van der Waals surface area contributed by atoms with Crippen LogP contribution in [0.2, 0.25) is 0 Å². The summed E-state index contributed by atoms with van der Waals surface area (Å²) in [5.74, 6) is 1.80. The van der Waals surface area contributed by atoms with Gasteiger partial charge in [0.05, 0.1) is 11.4 Å². The summed E-state index contributed by atoms with van der Waals surface area (Å²) in [5.41, 5.74) is 9.27. The molecule has 0 aromatic heterocycles. The maximum atomic E-state index is 6.02. The van der Waals surface area contributed by atoms with Gasteiger partial charge in [-0.1, -0.05) is 38.3 Å². The molecule has 0 spiro atoms. The summed E-state index contributed by atoms with van der Waals surface area (Å²) in [5, 5.41) is 3.56. The standard InChI is InChI=1S/C16H26N2/c1-3-13-7-9-14(10-8-13)11-18-16-12(2)5-4-6-15(16)17/h4-6,13-14,18H,3,7-11,17H2,1-2H3. The molecular formula is C16H26N2. The van der Waals surface area contributed by atoms with E-state index in [1.54, 1.807) is 0 Å². The second kappa shape index (κ2) is 6.12. The van der Waals surface area contributed by atoms with E-state index in [2.05, 4.69) is 25.2 Å². The normalized spacial score (nSPS) is 23.9. The highest BCUT2D eigenvalue weighted by molar-refractivity contribution is 5.69. The summed E-state index contributed by atoms with van der Waals surface area (Å²) >= 11 is 0. The van der Waals surface area contributed by atoms with Gasteiger partial charge in [-0.2, -0.15) is 0 Å². The van der Waals surface area contributed by atoms with E-state index in [0.717, 1.165) is 29.8 Å². The summed E-state index contributed by atoms with van der Waals surface area (Å²) < 4.78 is 0. The number of hydrogen-bond donors (Lipinski definition) is 2. The van der Waals surface area contributed by atoms with E-state index in [-0.39, 0.29) is 0 Å². The van der Waals surface area contributed by atoms with E-state index in [0.29, 0.717) is 0 Å². The van der Waals surface area contributed by atoms with Gasteiger partial charge in [-0.3, -0.25) is 0 Å². The highest BCUT2D eigenvalue weighted by Crippen LogP contribution is 2.31. The number of benzene rings is 1. The molecule has 1 aliphatic carbocycles. The molecule has 0 radical (unpaired) electrons. The third kappa shape index (κ3) is 3.18. The minimum absolute atomic E-state index is 0.826. The first-order valence-corrected chi connectivity index (χ1v) is 7.29. The molecule has 0 saturated heterocycles. The van der Waals surface area contributed by atoms with E-state index in [1.165, 1.54) is 37.7 Å². The molecule has 1 aromatic rings. The number of nitrogens with one attached hydrogen (secondary N) is 1. The van der Waals surface area contributed by atoms with Gasteiger partial charge in [-0.05, 0) is 43.2 Å². The first kappa shape index (κ1) is 13.3. The van der Waals surface area contributed by atoms with Gasteiger partial charge in [0, 0.05) is 6.54 Å². The molecule has 0 atom stereocenters. The predicted molar refractivity (Wildman–Crippen MR) is 79.8 cm³/mol. The van der Waals surface area contributed by atoms with Crippen LogP contribution in [-0.4, -0.2) is 6.54 Å². The maximum absolute atomic E-state index is 6.02. The lowest BCUT2D eigenvalue weighted by Gasteiger charge is -2.28. The van der Waals surface area contributed by atoms with Crippen LogP contribution in [0.1, 0.15) is 44.6 Å². The molecule has 100 valence electrons. The van der Waals surface area contributed by atoms with Gasteiger partial charge in [-0.25, -0.2) is 0 Å². The lowest BCUT2D eigenvalue weighted by atomic mass is 9.81. The van der Waals surface area contributed by atoms with Crippen LogP contribution in [-0.2, 0) is 0 Å². The second-order valence-corrected chi connectivity index (χ2v) is 5.72. The molecule has 0 aliphatic heterocycles. The van der Waals surface area contributed by atoms with Gasteiger partial charge in [0.25, 0.3) is 0 Å². The molecule has 1 saturated carbocycles. The van der Waals surface area contributed by atoms with Crippen molar-refractivity contribution < 1.29 is 0 Å². The van der Waals surface area contributed by atoms with Crippen LogP contribution < -0.4 is 11.1 Å². The highest BCUT2D eigenvalue weighted by atomic mass is 14.9. The first-order valence-electron chi connectivity index (χ1n) is 7.29. The highest BCUT2D eigenvalue weighted by Gasteiger charge is 2.19. The van der Waals surface area contributed by atoms with Crippen LogP contribution in [0.5, 0.6) is 0 Å². The average Bonchev–Trinajstić information content (AvgIpc) is 2.39. The van der Waals surface area contributed by atoms with Gasteiger partial charge in [0.15, 0.2) is 0 Å². The largest absolute Gasteiger partial charge is 0.397 e. The Morgan fingerprint density at radius 3 is 2.44 bits per heavy atom. The van der Waals surface area contributed by atoms with Crippen molar-refractivity contribution in [3.05, 3.63) is 23.8 Å². The molecule has 1 fully saturated rings. The van der Waals surface area contributed by atoms with Gasteiger partial charge >= 0.3 is 0 Å². The lowest BCUT2D eigenvalue weighted by Crippen LogP contribution is -2.21. The Morgan fingerprint density at radius 2 is 1.83 bits per heavy atom. The van der Waals surface area contributed by atoms with Crippen molar-refractivity contribution in [2.24, 2.45) is 11.8 Å². The van der Waals surface area contributed by atoms with Gasteiger partial charge in [-0.15, -0.1) is 0 Å². The Bertz CT molecular complexity index is 358. The summed E-state index contributed by atoms with van der Waals surface area (Å²) in [7, 11) is 0. The average molecular weight is 246 g/mol. The van der Waals surface area contributed by atoms with Crippen molar-refractivity contribution in [3.63, 3.8) is 0 Å². The Labute approximate surface area is 111 Å². The minimum atomic E-state index is 0.826. The van der Waals surface area contributed by atoms with Crippen LogP contribution in [0.15, 0.2) is 18.2 Å². The van der Waals surface area contributed by atoms with Crippen molar-refractivity contribution >= 4 is 11.4 Å². The summed E-state index contributed by atoms with van der Waals surface area (Å²) in [6.45, 7) is 5.51. The van der Waals surface area contributed by atoms with Crippen molar-refractivity contribution in [3.8, 4) is 0 Å². The minimum Gasteiger partial charge on any atom is -0.397 e. The van der Waals surface area contributed by atoms with Crippen LogP contribution in [0.4, 0.5) is 11.4 Å². The second-order valence-electron chi connectivity index (χ2n) is 5.72. The zero-order valence-corrected chi connectivity index (χ0v) is 11.7. The molecular weight excluding hydrogens is 220 g/mol. The predicted octanol–water partition coefficient (Wildman–Crippen LogP) is 4.21. The van der Waals surface area contributed by atoms with Crippen LogP contribution in [0, 0.1) is 18.8 Å². The number of nitrogen functional groups attached to an aromatic ring is 1. The Morgan fingerprint density at radius 1 is 1.17 bits per heavy atom. The molecule has 0 unspecified atom stereocenters. The van der Waals surface area contributed by atoms with Gasteiger partial charge in [0.1, 0.15) is 0 Å². The zero-order chi connectivity index (χ0) is 13.0. The molecule has 0 amide bonds. The summed E-state index contributed by atoms with van der Waals surface area (Å²) in [4.78, 5) is 0. The molecule has 2 rings (SSSR count). The first-order chi connectivity index (χ1) is 8.70. The fourth-order valence-electron chi connectivity index (χ4n) is 3.02. The SMILES string of the molecule is CCC1CCC(CNc2c(C)cccc2N)CC1. The van der Waals surface area contributed by atoms with E-state index in [1.807, 2.05) is 12.1 Å². The Hall–Kier alpha value is -1.18. The van der Waals surface area contributed by atoms with Crippen LogP contribution >= 0.6 is 0 Å². The molecule has 18 heavy (non-hydrogen) atoms. The number of para-hydroxylation sites is 1. The van der Waals surface area contributed by atoms with Gasteiger partial charge < -0.3 is 11.1 Å². The van der Waals surface area contributed by atoms with E-state index < -0.39 is 0 Å². The van der Waals surface area contributed by atoms with E-state index in [9.17, 15) is 0 Å². The molecule has 1 aliphatic rings. The zero-order valence-electron chi connectivity index (χ0n) is 11.7. The summed E-state index contributed by atoms with van der Waals surface area (Å²) in [6.07, 6.45) is 6.91. The van der Waals surface area contributed by atoms with Gasteiger partial charge in [0.2, 0.25) is 0 Å². The molecule has 2 nitrogen and oxygen atoms in total. The maximum Gasteiger partial charge on any atom is 0.0603 e. The Balaban J connectivity index is 1.85. The molecule has 0 heterocycles. The molecule has 3 N–H and O–H groups in total. The number of hydrogen-bond acceptors (Lipinski definition) is 2. The van der Waals surface area contributed by atoms with Crippen molar-refractivity contribution in [1.29, 1.82) is 0 Å². The topological polar surface area (TPSA) is 38.0 Å². The van der Waals surface area contributed by atoms with Crippen LogP contribution in [0.25, 0.3) is 0 Å². The number of rotatable bonds is 4. The summed E-state index contributed by atoms with van der Waals surface area (Å²) in [6, 6.07) is 6.11. The fraction of sp³-hybridized carbons (Fsp3) is 0.625. The monoisotopic (exact) mass is 246 g/mol. The molecule has 2 heteroatoms. The van der Waals surface area contributed by atoms with E-state index in [4.69, 9.17) is 5.73 Å². The van der Waals surface area contributed by atoms with E-state index >= 15 is 0 Å². The third-order valence-corrected chi connectivity index (χ3v) is 4.42. The quantitative estimate of drug-likeness (QED) is 0.781. The van der Waals surface area contributed by atoms with Crippen LogP contribution in [0.3, 0.4) is 0 Å². The van der Waals surface area contributed by atoms with Crippen molar-refractivity contribution in [2.45, 2.75) is 46.0 Å². The Kier molecular flexibility index (Phi) is 4.51. The van der Waals surface area contributed by atoms with Crippen molar-refractivity contribution in [1.82, 2.24) is 0 Å². The van der Waals surface area contributed by atoms with Crippen molar-refractivity contribution in [2.75, 3.05) is 17.6 Å². The molecule has 0 bridgehead atoms.